The number of hydrogen-bond acceptors (Lipinski definition) is 1. The minimum absolute atomic E-state index is 0.144. The number of alkyl halides is 3. The van der Waals surface area contributed by atoms with Crippen LogP contribution in [0.4, 0.5) is 17.6 Å². The lowest BCUT2D eigenvalue weighted by Crippen LogP contribution is -2.08. The third kappa shape index (κ3) is 3.30. The van der Waals surface area contributed by atoms with Gasteiger partial charge in [-0.15, -0.1) is 0 Å². The molecule has 0 aliphatic carbocycles. The molecule has 0 radical (unpaired) electrons. The Morgan fingerprint density at radius 2 is 1.93 bits per heavy atom. The standard InChI is InChI=1S/C9H5BrF4O/c10-8(15)4-5-1-2-6(7(11)3-5)9(12,13)14/h1-3H,4H2. The molecule has 82 valence electrons. The fourth-order valence-electron chi connectivity index (χ4n) is 1.06. The Kier molecular flexibility index (Phi) is 3.49. The van der Waals surface area contributed by atoms with Crippen LogP contribution in [0, 0.1) is 5.82 Å². The number of carbonyl (C=O) groups is 1. The van der Waals surface area contributed by atoms with Gasteiger partial charge in [0.05, 0.1) is 5.56 Å². The molecular formula is C9H5BrF4O. The highest BCUT2D eigenvalue weighted by Crippen LogP contribution is 2.31. The van der Waals surface area contributed by atoms with E-state index in [1.165, 1.54) is 0 Å². The molecule has 0 heterocycles. The highest BCUT2D eigenvalue weighted by molar-refractivity contribution is 9.18. The van der Waals surface area contributed by atoms with Crippen LogP contribution in [0.5, 0.6) is 0 Å². The van der Waals surface area contributed by atoms with E-state index in [2.05, 4.69) is 15.9 Å². The molecule has 1 nitrogen and oxygen atoms in total. The summed E-state index contributed by atoms with van der Waals surface area (Å²) >= 11 is 2.61. The summed E-state index contributed by atoms with van der Waals surface area (Å²) in [6.07, 6.45) is -4.85. The van der Waals surface area contributed by atoms with Gasteiger partial charge in [-0.1, -0.05) is 6.07 Å². The van der Waals surface area contributed by atoms with E-state index in [4.69, 9.17) is 0 Å². The Morgan fingerprint density at radius 3 is 2.33 bits per heavy atom. The quantitative estimate of drug-likeness (QED) is 0.602. The second kappa shape index (κ2) is 4.30. The van der Waals surface area contributed by atoms with Gasteiger partial charge in [0.15, 0.2) is 0 Å². The molecule has 1 aromatic carbocycles. The van der Waals surface area contributed by atoms with Gasteiger partial charge in [-0.2, -0.15) is 13.2 Å². The molecule has 0 N–H and O–H groups in total. The van der Waals surface area contributed by atoms with Crippen molar-refractivity contribution >= 4 is 20.6 Å². The summed E-state index contributed by atoms with van der Waals surface area (Å²) < 4.78 is 48.9. The number of carbonyl (C=O) groups excluding carboxylic acids is 1. The summed E-state index contributed by atoms with van der Waals surface area (Å²) in [7, 11) is 0. The van der Waals surface area contributed by atoms with Crippen molar-refractivity contribution in [1.82, 2.24) is 0 Å². The predicted molar refractivity (Wildman–Crippen MR) is 49.0 cm³/mol. The zero-order valence-corrected chi connectivity index (χ0v) is 8.82. The first-order valence-electron chi connectivity index (χ1n) is 3.84. The Labute approximate surface area is 91.2 Å². The van der Waals surface area contributed by atoms with Gasteiger partial charge in [0.1, 0.15) is 5.82 Å². The molecule has 15 heavy (non-hydrogen) atoms. The maximum atomic E-state index is 12.9. The van der Waals surface area contributed by atoms with Crippen LogP contribution in [0.15, 0.2) is 18.2 Å². The van der Waals surface area contributed by atoms with Crippen molar-refractivity contribution in [3.8, 4) is 0 Å². The molecule has 0 unspecified atom stereocenters. The minimum atomic E-state index is -4.71. The fourth-order valence-corrected chi connectivity index (χ4v) is 1.38. The summed E-state index contributed by atoms with van der Waals surface area (Å²) in [5.41, 5.74) is -1.13. The molecule has 0 saturated heterocycles. The number of rotatable bonds is 2. The fraction of sp³-hybridized carbons (Fsp3) is 0.222. The molecule has 0 aliphatic heterocycles. The van der Waals surface area contributed by atoms with Crippen LogP contribution in [0.2, 0.25) is 0 Å². The monoisotopic (exact) mass is 284 g/mol. The summed E-state index contributed by atoms with van der Waals surface area (Å²) in [5, 5.41) is 0. The average Bonchev–Trinajstić information content (AvgIpc) is 1.99. The Morgan fingerprint density at radius 1 is 1.33 bits per heavy atom. The van der Waals surface area contributed by atoms with E-state index in [1.54, 1.807) is 0 Å². The van der Waals surface area contributed by atoms with Crippen LogP contribution >= 0.6 is 15.9 Å². The van der Waals surface area contributed by atoms with E-state index in [9.17, 15) is 22.4 Å². The zero-order valence-electron chi connectivity index (χ0n) is 7.24. The molecule has 0 fully saturated rings. The maximum absolute atomic E-state index is 12.9. The molecule has 0 spiro atoms. The van der Waals surface area contributed by atoms with Gasteiger partial charge in [-0.25, -0.2) is 4.39 Å². The number of halogens is 5. The Hall–Kier alpha value is -0.910. The van der Waals surface area contributed by atoms with E-state index < -0.39 is 22.2 Å². The molecule has 0 aromatic heterocycles. The third-order valence-electron chi connectivity index (χ3n) is 1.68. The second-order valence-corrected chi connectivity index (χ2v) is 3.73. The van der Waals surface area contributed by atoms with Gasteiger partial charge in [0.2, 0.25) is 4.69 Å². The number of hydrogen-bond donors (Lipinski definition) is 0. The normalized spacial score (nSPS) is 11.5. The average molecular weight is 285 g/mol. The van der Waals surface area contributed by atoms with Crippen LogP contribution in [0.3, 0.4) is 0 Å². The lowest BCUT2D eigenvalue weighted by Gasteiger charge is -2.08. The Bertz CT molecular complexity index is 386. The molecule has 0 amide bonds. The summed E-state index contributed by atoms with van der Waals surface area (Å²) in [6.45, 7) is 0. The molecule has 0 atom stereocenters. The lowest BCUT2D eigenvalue weighted by atomic mass is 10.1. The summed E-state index contributed by atoms with van der Waals surface area (Å²) in [6, 6.07) is 2.41. The molecule has 0 saturated carbocycles. The van der Waals surface area contributed by atoms with Gasteiger partial charge >= 0.3 is 6.18 Å². The van der Waals surface area contributed by atoms with Gasteiger partial charge in [0, 0.05) is 6.42 Å². The van der Waals surface area contributed by atoms with Crippen molar-refractivity contribution < 1.29 is 22.4 Å². The van der Waals surface area contributed by atoms with Crippen LogP contribution in [-0.4, -0.2) is 4.69 Å². The molecule has 0 bridgehead atoms. The molecule has 6 heteroatoms. The van der Waals surface area contributed by atoms with Crippen molar-refractivity contribution in [2.24, 2.45) is 0 Å². The van der Waals surface area contributed by atoms with Gasteiger partial charge < -0.3 is 0 Å². The lowest BCUT2D eigenvalue weighted by molar-refractivity contribution is -0.140. The van der Waals surface area contributed by atoms with Crippen molar-refractivity contribution in [3.63, 3.8) is 0 Å². The molecule has 1 rings (SSSR count). The molecule has 0 aliphatic rings. The molecule has 1 aromatic rings. The van der Waals surface area contributed by atoms with Crippen LogP contribution in [0.1, 0.15) is 11.1 Å². The second-order valence-electron chi connectivity index (χ2n) is 2.84. The summed E-state index contributed by atoms with van der Waals surface area (Å²) in [4.78, 5) is 10.6. The summed E-state index contributed by atoms with van der Waals surface area (Å²) in [5.74, 6) is -1.37. The maximum Gasteiger partial charge on any atom is 0.419 e. The zero-order chi connectivity index (χ0) is 11.6. The predicted octanol–water partition coefficient (Wildman–Crippen LogP) is 3.31. The Balaban J connectivity index is 3.04. The van der Waals surface area contributed by atoms with Gasteiger partial charge in [0.25, 0.3) is 0 Å². The minimum Gasteiger partial charge on any atom is -0.286 e. The highest BCUT2D eigenvalue weighted by atomic mass is 79.9. The van der Waals surface area contributed by atoms with E-state index >= 15 is 0 Å². The smallest absolute Gasteiger partial charge is 0.286 e. The van der Waals surface area contributed by atoms with Crippen molar-refractivity contribution in [2.45, 2.75) is 12.6 Å². The van der Waals surface area contributed by atoms with Crippen molar-refractivity contribution in [2.75, 3.05) is 0 Å². The molecular weight excluding hydrogens is 280 g/mol. The first-order chi connectivity index (χ1) is 6.80. The first kappa shape index (κ1) is 12.2. The topological polar surface area (TPSA) is 17.1 Å². The largest absolute Gasteiger partial charge is 0.419 e. The van der Waals surface area contributed by atoms with Crippen molar-refractivity contribution in [3.05, 3.63) is 35.1 Å². The first-order valence-corrected chi connectivity index (χ1v) is 4.64. The van der Waals surface area contributed by atoms with Gasteiger partial charge in [-0.3, -0.25) is 4.79 Å². The van der Waals surface area contributed by atoms with E-state index in [-0.39, 0.29) is 12.0 Å². The highest BCUT2D eigenvalue weighted by Gasteiger charge is 2.33. The van der Waals surface area contributed by atoms with Crippen molar-refractivity contribution in [1.29, 1.82) is 0 Å². The van der Waals surface area contributed by atoms with Crippen LogP contribution in [0.25, 0.3) is 0 Å². The number of benzene rings is 1. The van der Waals surface area contributed by atoms with Gasteiger partial charge in [-0.05, 0) is 33.6 Å². The third-order valence-corrected chi connectivity index (χ3v) is 1.96. The van der Waals surface area contributed by atoms with E-state index in [1.807, 2.05) is 0 Å². The van der Waals surface area contributed by atoms with E-state index in [0.29, 0.717) is 12.1 Å². The van der Waals surface area contributed by atoms with E-state index in [0.717, 1.165) is 6.07 Å². The SMILES string of the molecule is O=C(Br)Cc1ccc(C(F)(F)F)c(F)c1. The van der Waals surface area contributed by atoms with Crippen LogP contribution in [-0.2, 0) is 17.4 Å². The van der Waals surface area contributed by atoms with Crippen LogP contribution < -0.4 is 0 Å².